The predicted octanol–water partition coefficient (Wildman–Crippen LogP) is 3.71. The summed E-state index contributed by atoms with van der Waals surface area (Å²) in [7, 11) is 0. The molecular weight excluding hydrogens is 262 g/mol. The van der Waals surface area contributed by atoms with E-state index >= 15 is 0 Å². The predicted molar refractivity (Wildman–Crippen MR) is 83.9 cm³/mol. The molecule has 1 heterocycles. The third kappa shape index (κ3) is 2.92. The third-order valence-electron chi connectivity index (χ3n) is 3.33. The molecule has 0 spiro atoms. The Morgan fingerprint density at radius 2 is 1.67 bits per heavy atom. The van der Waals surface area contributed by atoms with E-state index in [9.17, 15) is 4.79 Å². The van der Waals surface area contributed by atoms with Crippen LogP contribution >= 0.6 is 0 Å². The Bertz CT molecular complexity index is 700. The zero-order valence-electron chi connectivity index (χ0n) is 11.7. The maximum Gasteiger partial charge on any atom is 0.197 e. The molecule has 3 nitrogen and oxygen atoms in total. The number of carbonyl (C=O) groups excluding carboxylic acids is 1. The zero-order chi connectivity index (χ0) is 14.7. The summed E-state index contributed by atoms with van der Waals surface area (Å²) in [6.07, 6.45) is 2.06. The standard InChI is InChI=1S/C18H15NO2/c1-13-19-17(18(12-20)21-13)11-14-7-9-16(10-8-14)15-5-3-2-4-6-15/h2-12,18H,1H3. The number of aliphatic imine (C=N–C) groups is 1. The van der Waals surface area contributed by atoms with Crippen LogP contribution < -0.4 is 0 Å². The minimum atomic E-state index is -0.584. The van der Waals surface area contributed by atoms with E-state index in [4.69, 9.17) is 4.74 Å². The van der Waals surface area contributed by atoms with E-state index in [1.54, 1.807) is 6.92 Å². The SMILES string of the molecule is CC1=NC(=Cc2ccc(-c3ccccc3)cc2)C(C=O)O1. The van der Waals surface area contributed by atoms with Gasteiger partial charge in [0.15, 0.2) is 18.3 Å². The Balaban J connectivity index is 1.87. The molecule has 0 saturated carbocycles. The first-order valence-electron chi connectivity index (χ1n) is 6.80. The van der Waals surface area contributed by atoms with Crippen molar-refractivity contribution in [1.82, 2.24) is 0 Å². The van der Waals surface area contributed by atoms with Crippen LogP contribution in [-0.2, 0) is 9.53 Å². The van der Waals surface area contributed by atoms with Gasteiger partial charge in [-0.3, -0.25) is 4.79 Å². The van der Waals surface area contributed by atoms with Crippen LogP contribution in [-0.4, -0.2) is 18.3 Å². The normalized spacial score (nSPS) is 19.2. The summed E-state index contributed by atoms with van der Waals surface area (Å²) in [6, 6.07) is 18.3. The Morgan fingerprint density at radius 3 is 2.33 bits per heavy atom. The lowest BCUT2D eigenvalue weighted by molar-refractivity contribution is -0.112. The Morgan fingerprint density at radius 1 is 1.00 bits per heavy atom. The molecule has 1 aliphatic heterocycles. The van der Waals surface area contributed by atoms with Gasteiger partial charge in [-0.2, -0.15) is 0 Å². The van der Waals surface area contributed by atoms with Crippen LogP contribution in [0.5, 0.6) is 0 Å². The van der Waals surface area contributed by atoms with Gasteiger partial charge in [-0.15, -0.1) is 0 Å². The van der Waals surface area contributed by atoms with Gasteiger partial charge in [0, 0.05) is 6.92 Å². The summed E-state index contributed by atoms with van der Waals surface area (Å²) < 4.78 is 5.30. The highest BCUT2D eigenvalue weighted by Gasteiger charge is 2.21. The van der Waals surface area contributed by atoms with Gasteiger partial charge in [-0.1, -0.05) is 54.6 Å². The monoisotopic (exact) mass is 277 g/mol. The van der Waals surface area contributed by atoms with Gasteiger partial charge in [0.1, 0.15) is 0 Å². The fourth-order valence-corrected chi connectivity index (χ4v) is 2.30. The van der Waals surface area contributed by atoms with Crippen LogP contribution in [0.4, 0.5) is 0 Å². The topological polar surface area (TPSA) is 38.7 Å². The van der Waals surface area contributed by atoms with Crippen molar-refractivity contribution in [3.8, 4) is 11.1 Å². The molecular formula is C18H15NO2. The molecule has 0 radical (unpaired) electrons. The molecule has 3 rings (SSSR count). The molecule has 0 aliphatic carbocycles. The summed E-state index contributed by atoms with van der Waals surface area (Å²) >= 11 is 0. The number of rotatable bonds is 3. The van der Waals surface area contributed by atoms with E-state index in [2.05, 4.69) is 29.3 Å². The number of hydrogen-bond acceptors (Lipinski definition) is 3. The summed E-state index contributed by atoms with van der Waals surface area (Å²) in [5.41, 5.74) is 3.99. The highest BCUT2D eigenvalue weighted by atomic mass is 16.5. The Hall–Kier alpha value is -2.68. The number of carbonyl (C=O) groups is 1. The van der Waals surface area contributed by atoms with Crippen molar-refractivity contribution in [1.29, 1.82) is 0 Å². The second-order valence-corrected chi connectivity index (χ2v) is 4.86. The van der Waals surface area contributed by atoms with Crippen molar-refractivity contribution in [2.75, 3.05) is 0 Å². The molecule has 21 heavy (non-hydrogen) atoms. The largest absolute Gasteiger partial charge is 0.464 e. The Labute approximate surface area is 123 Å². The number of ether oxygens (including phenoxy) is 1. The van der Waals surface area contributed by atoms with E-state index in [1.165, 1.54) is 5.56 Å². The molecule has 2 aromatic carbocycles. The minimum Gasteiger partial charge on any atom is -0.464 e. The maximum atomic E-state index is 11.0. The number of aldehydes is 1. The summed E-state index contributed by atoms with van der Waals surface area (Å²) in [4.78, 5) is 15.2. The van der Waals surface area contributed by atoms with Crippen LogP contribution in [0.3, 0.4) is 0 Å². The molecule has 0 amide bonds. The average molecular weight is 277 g/mol. The second-order valence-electron chi connectivity index (χ2n) is 4.86. The fourth-order valence-electron chi connectivity index (χ4n) is 2.30. The van der Waals surface area contributed by atoms with Crippen LogP contribution in [0.15, 0.2) is 65.3 Å². The smallest absolute Gasteiger partial charge is 0.197 e. The van der Waals surface area contributed by atoms with Crippen molar-refractivity contribution >= 4 is 18.3 Å². The highest BCUT2D eigenvalue weighted by molar-refractivity contribution is 5.84. The molecule has 3 heteroatoms. The minimum absolute atomic E-state index is 0.527. The van der Waals surface area contributed by atoms with Gasteiger partial charge < -0.3 is 4.74 Å². The molecule has 0 fully saturated rings. The molecule has 2 aromatic rings. The van der Waals surface area contributed by atoms with E-state index in [0.29, 0.717) is 11.6 Å². The molecule has 1 aliphatic rings. The molecule has 0 bridgehead atoms. The van der Waals surface area contributed by atoms with Crippen LogP contribution in [0.25, 0.3) is 17.2 Å². The molecule has 1 unspecified atom stereocenters. The summed E-state index contributed by atoms with van der Waals surface area (Å²) in [5.74, 6) is 0.527. The van der Waals surface area contributed by atoms with Gasteiger partial charge in [-0.25, -0.2) is 4.99 Å². The van der Waals surface area contributed by atoms with Crippen molar-refractivity contribution in [2.45, 2.75) is 13.0 Å². The van der Waals surface area contributed by atoms with Crippen molar-refractivity contribution in [2.24, 2.45) is 4.99 Å². The van der Waals surface area contributed by atoms with Gasteiger partial charge in [0.2, 0.25) is 0 Å². The zero-order valence-corrected chi connectivity index (χ0v) is 11.7. The van der Waals surface area contributed by atoms with Crippen molar-refractivity contribution in [3.05, 3.63) is 65.9 Å². The molecule has 0 aromatic heterocycles. The second kappa shape index (κ2) is 5.75. The van der Waals surface area contributed by atoms with Gasteiger partial charge in [-0.05, 0) is 22.8 Å². The highest BCUT2D eigenvalue weighted by Crippen LogP contribution is 2.22. The van der Waals surface area contributed by atoms with Crippen LogP contribution in [0.1, 0.15) is 12.5 Å². The first kappa shape index (κ1) is 13.3. The lowest BCUT2D eigenvalue weighted by atomic mass is 10.0. The van der Waals surface area contributed by atoms with Crippen LogP contribution in [0, 0.1) is 0 Å². The molecule has 0 saturated heterocycles. The van der Waals surface area contributed by atoms with E-state index in [1.807, 2.05) is 36.4 Å². The lowest BCUT2D eigenvalue weighted by Gasteiger charge is -2.04. The van der Waals surface area contributed by atoms with Crippen molar-refractivity contribution < 1.29 is 9.53 Å². The molecule has 104 valence electrons. The number of nitrogens with zero attached hydrogens (tertiary/aromatic N) is 1. The number of benzene rings is 2. The van der Waals surface area contributed by atoms with E-state index in [-0.39, 0.29) is 0 Å². The summed E-state index contributed by atoms with van der Waals surface area (Å²) in [5, 5.41) is 0. The maximum absolute atomic E-state index is 11.0. The van der Waals surface area contributed by atoms with E-state index < -0.39 is 6.10 Å². The Kier molecular flexibility index (Phi) is 3.65. The van der Waals surface area contributed by atoms with Crippen LogP contribution in [0.2, 0.25) is 0 Å². The molecule has 1 atom stereocenters. The van der Waals surface area contributed by atoms with Gasteiger partial charge in [0.25, 0.3) is 0 Å². The summed E-state index contributed by atoms with van der Waals surface area (Å²) in [6.45, 7) is 1.75. The third-order valence-corrected chi connectivity index (χ3v) is 3.33. The van der Waals surface area contributed by atoms with E-state index in [0.717, 1.165) is 17.4 Å². The molecule has 0 N–H and O–H groups in total. The average Bonchev–Trinajstić information content (AvgIpc) is 2.88. The van der Waals surface area contributed by atoms with Gasteiger partial charge >= 0.3 is 0 Å². The van der Waals surface area contributed by atoms with Gasteiger partial charge in [0.05, 0.1) is 5.70 Å². The lowest BCUT2D eigenvalue weighted by Crippen LogP contribution is -2.11. The first-order valence-corrected chi connectivity index (χ1v) is 6.80. The quantitative estimate of drug-likeness (QED) is 0.802. The fraction of sp³-hybridized carbons (Fsp3) is 0.111. The number of hydrogen-bond donors (Lipinski definition) is 0. The van der Waals surface area contributed by atoms with Crippen molar-refractivity contribution in [3.63, 3.8) is 0 Å². The first-order chi connectivity index (χ1) is 10.3.